The van der Waals surface area contributed by atoms with Gasteiger partial charge in [0.2, 0.25) is 0 Å². The third kappa shape index (κ3) is 4.27. The third-order valence-electron chi connectivity index (χ3n) is 4.65. The molecule has 0 unspecified atom stereocenters. The number of benzene rings is 1. The molecule has 10 heteroatoms. The lowest BCUT2D eigenvalue weighted by Gasteiger charge is -2.23. The summed E-state index contributed by atoms with van der Waals surface area (Å²) < 4.78 is 46.2. The minimum Gasteiger partial charge on any atom is -0.492 e. The summed E-state index contributed by atoms with van der Waals surface area (Å²) in [7, 11) is 0. The van der Waals surface area contributed by atoms with Crippen LogP contribution >= 0.6 is 0 Å². The van der Waals surface area contributed by atoms with Crippen LogP contribution in [0.2, 0.25) is 0 Å². The van der Waals surface area contributed by atoms with E-state index >= 15 is 0 Å². The molecule has 3 rings (SSSR count). The van der Waals surface area contributed by atoms with Gasteiger partial charge in [0.05, 0.1) is 29.6 Å². The molecule has 1 aromatic carbocycles. The van der Waals surface area contributed by atoms with E-state index in [4.69, 9.17) is 4.74 Å². The number of aromatic nitrogens is 3. The van der Waals surface area contributed by atoms with Crippen molar-refractivity contribution in [1.82, 2.24) is 20.3 Å². The first-order chi connectivity index (χ1) is 13.3. The largest absolute Gasteiger partial charge is 0.492 e. The monoisotopic (exact) mass is 397 g/mol. The zero-order chi connectivity index (χ0) is 20.3. The number of nitrogens with zero attached hydrogens (tertiary/aromatic N) is 3. The minimum atomic E-state index is -4.53. The van der Waals surface area contributed by atoms with Crippen LogP contribution in [0.5, 0.6) is 5.75 Å². The van der Waals surface area contributed by atoms with Gasteiger partial charge in [-0.3, -0.25) is 4.79 Å². The van der Waals surface area contributed by atoms with E-state index in [-0.39, 0.29) is 29.8 Å². The molecule has 152 valence electrons. The lowest BCUT2D eigenvalue weighted by Crippen LogP contribution is -2.30. The molecule has 1 aromatic heterocycles. The molecule has 2 aromatic rings. The molecule has 1 aliphatic heterocycles. The van der Waals surface area contributed by atoms with Crippen LogP contribution in [0.4, 0.5) is 18.9 Å². The standard InChI is InChI=1S/C18H22F3N5O2/c1-3-28-15-5-4-12(18(19,20)21)10-14(15)23-17(27)16-11(2)26(25-24-16)13-6-8-22-9-7-13/h4-5,10,13,22H,3,6-9H2,1-2H3,(H,23,27). The molecule has 7 nitrogen and oxygen atoms in total. The molecule has 1 fully saturated rings. The summed E-state index contributed by atoms with van der Waals surface area (Å²) in [6.45, 7) is 5.39. The van der Waals surface area contributed by atoms with E-state index in [0.29, 0.717) is 5.69 Å². The highest BCUT2D eigenvalue weighted by molar-refractivity contribution is 6.04. The number of rotatable bonds is 5. The maximum Gasteiger partial charge on any atom is 0.416 e. The second kappa shape index (κ2) is 8.17. The Morgan fingerprint density at radius 3 is 2.71 bits per heavy atom. The highest BCUT2D eigenvalue weighted by Crippen LogP contribution is 2.35. The topological polar surface area (TPSA) is 81.1 Å². The molecule has 2 heterocycles. The van der Waals surface area contributed by atoms with Crippen LogP contribution in [0.1, 0.15) is 47.6 Å². The quantitative estimate of drug-likeness (QED) is 0.810. The Morgan fingerprint density at radius 2 is 2.07 bits per heavy atom. The second-order valence-electron chi connectivity index (χ2n) is 6.55. The molecule has 0 spiro atoms. The van der Waals surface area contributed by atoms with Crippen molar-refractivity contribution < 1.29 is 22.7 Å². The Morgan fingerprint density at radius 1 is 1.36 bits per heavy atom. The number of hydrogen-bond donors (Lipinski definition) is 2. The Kier molecular flexibility index (Phi) is 5.87. The van der Waals surface area contributed by atoms with Crippen LogP contribution in [0, 0.1) is 6.92 Å². The zero-order valence-corrected chi connectivity index (χ0v) is 15.6. The van der Waals surface area contributed by atoms with Gasteiger partial charge >= 0.3 is 6.18 Å². The maximum absolute atomic E-state index is 13.0. The van der Waals surface area contributed by atoms with Gasteiger partial charge in [0.25, 0.3) is 5.91 Å². The van der Waals surface area contributed by atoms with Crippen LogP contribution in [-0.4, -0.2) is 40.6 Å². The van der Waals surface area contributed by atoms with E-state index in [9.17, 15) is 18.0 Å². The van der Waals surface area contributed by atoms with Gasteiger partial charge < -0.3 is 15.4 Å². The number of alkyl halides is 3. The molecule has 0 saturated carbocycles. The molecular weight excluding hydrogens is 375 g/mol. The van der Waals surface area contributed by atoms with Crippen molar-refractivity contribution in [3.05, 3.63) is 35.2 Å². The van der Waals surface area contributed by atoms with E-state index < -0.39 is 17.6 Å². The summed E-state index contributed by atoms with van der Waals surface area (Å²) in [6.07, 6.45) is -2.79. The average Bonchev–Trinajstić information content (AvgIpc) is 3.04. The number of carbonyl (C=O) groups excluding carboxylic acids is 1. The van der Waals surface area contributed by atoms with Gasteiger partial charge in [-0.05, 0) is 58.0 Å². The van der Waals surface area contributed by atoms with Gasteiger partial charge in [0.15, 0.2) is 5.69 Å². The van der Waals surface area contributed by atoms with Crippen molar-refractivity contribution >= 4 is 11.6 Å². The number of piperidine rings is 1. The molecule has 1 saturated heterocycles. The number of ether oxygens (including phenoxy) is 1. The predicted molar refractivity (Wildman–Crippen MR) is 96.5 cm³/mol. The molecule has 0 aliphatic carbocycles. The summed E-state index contributed by atoms with van der Waals surface area (Å²) >= 11 is 0. The predicted octanol–water partition coefficient (Wildman–Crippen LogP) is 3.18. The summed E-state index contributed by atoms with van der Waals surface area (Å²) in [5, 5.41) is 13.8. The number of amides is 1. The van der Waals surface area contributed by atoms with Crippen LogP contribution in [-0.2, 0) is 6.18 Å². The van der Waals surface area contributed by atoms with Crippen molar-refractivity contribution in [2.75, 3.05) is 25.0 Å². The molecule has 1 amide bonds. The first-order valence-electron chi connectivity index (χ1n) is 9.09. The zero-order valence-electron chi connectivity index (χ0n) is 15.6. The molecule has 2 N–H and O–H groups in total. The molecule has 28 heavy (non-hydrogen) atoms. The maximum atomic E-state index is 13.0. The minimum absolute atomic E-state index is 0.0579. The van der Waals surface area contributed by atoms with Crippen molar-refractivity contribution in [2.24, 2.45) is 0 Å². The fraction of sp³-hybridized carbons (Fsp3) is 0.500. The molecule has 0 radical (unpaired) electrons. The Hall–Kier alpha value is -2.62. The number of nitrogens with one attached hydrogen (secondary N) is 2. The van der Waals surface area contributed by atoms with Gasteiger partial charge in [-0.15, -0.1) is 5.10 Å². The fourth-order valence-electron chi connectivity index (χ4n) is 3.22. The molecule has 1 aliphatic rings. The first kappa shape index (κ1) is 20.1. The van der Waals surface area contributed by atoms with Crippen LogP contribution in [0.15, 0.2) is 18.2 Å². The third-order valence-corrected chi connectivity index (χ3v) is 4.65. The molecular formula is C18H22F3N5O2. The Balaban J connectivity index is 1.85. The first-order valence-corrected chi connectivity index (χ1v) is 9.09. The second-order valence-corrected chi connectivity index (χ2v) is 6.55. The summed E-state index contributed by atoms with van der Waals surface area (Å²) in [5.74, 6) is -0.467. The summed E-state index contributed by atoms with van der Waals surface area (Å²) in [6, 6.07) is 3.11. The fourth-order valence-corrected chi connectivity index (χ4v) is 3.22. The Bertz CT molecular complexity index is 844. The Labute approximate surface area is 160 Å². The lowest BCUT2D eigenvalue weighted by atomic mass is 10.1. The number of carbonyl (C=O) groups is 1. The van der Waals surface area contributed by atoms with E-state index in [1.54, 1.807) is 18.5 Å². The van der Waals surface area contributed by atoms with Gasteiger partial charge in [-0.2, -0.15) is 13.2 Å². The van der Waals surface area contributed by atoms with Gasteiger partial charge in [0, 0.05) is 0 Å². The highest BCUT2D eigenvalue weighted by atomic mass is 19.4. The average molecular weight is 397 g/mol. The lowest BCUT2D eigenvalue weighted by molar-refractivity contribution is -0.137. The van der Waals surface area contributed by atoms with Crippen LogP contribution in [0.25, 0.3) is 0 Å². The van der Waals surface area contributed by atoms with Crippen molar-refractivity contribution in [3.63, 3.8) is 0 Å². The van der Waals surface area contributed by atoms with E-state index in [2.05, 4.69) is 20.9 Å². The number of anilines is 1. The summed E-state index contributed by atoms with van der Waals surface area (Å²) in [5.41, 5.74) is -0.272. The number of hydrogen-bond acceptors (Lipinski definition) is 5. The molecule has 0 atom stereocenters. The van der Waals surface area contributed by atoms with E-state index in [0.717, 1.165) is 38.1 Å². The van der Waals surface area contributed by atoms with Gasteiger partial charge in [0.1, 0.15) is 5.75 Å². The SMILES string of the molecule is CCOc1ccc(C(F)(F)F)cc1NC(=O)c1nnn(C2CCNCC2)c1C. The molecule has 0 bridgehead atoms. The van der Waals surface area contributed by atoms with Crippen molar-refractivity contribution in [1.29, 1.82) is 0 Å². The normalized spacial score (nSPS) is 15.5. The van der Waals surface area contributed by atoms with Crippen LogP contribution < -0.4 is 15.4 Å². The number of halogens is 3. The van der Waals surface area contributed by atoms with Gasteiger partial charge in [-0.25, -0.2) is 4.68 Å². The van der Waals surface area contributed by atoms with Crippen LogP contribution in [0.3, 0.4) is 0 Å². The highest BCUT2D eigenvalue weighted by Gasteiger charge is 2.32. The smallest absolute Gasteiger partial charge is 0.416 e. The summed E-state index contributed by atoms with van der Waals surface area (Å²) in [4.78, 5) is 12.7. The van der Waals surface area contributed by atoms with E-state index in [1.165, 1.54) is 6.07 Å². The van der Waals surface area contributed by atoms with Crippen molar-refractivity contribution in [3.8, 4) is 5.75 Å². The van der Waals surface area contributed by atoms with Gasteiger partial charge in [-0.1, -0.05) is 5.21 Å². The van der Waals surface area contributed by atoms with E-state index in [1.807, 2.05) is 0 Å². The van der Waals surface area contributed by atoms with Crippen molar-refractivity contribution in [2.45, 2.75) is 38.9 Å².